The minimum Gasteiger partial charge on any atom is -0.497 e. The number of benzene rings is 4. The number of amides is 2. The second kappa shape index (κ2) is 23.8. The summed E-state index contributed by atoms with van der Waals surface area (Å²) in [5, 5.41) is 4.93. The van der Waals surface area contributed by atoms with E-state index in [0.717, 1.165) is 11.5 Å². The molecule has 0 spiro atoms. The lowest BCUT2D eigenvalue weighted by Gasteiger charge is -2.13. The average Bonchev–Trinajstić information content (AvgIpc) is 3.20. The van der Waals surface area contributed by atoms with Crippen LogP contribution in [-0.2, 0) is 9.59 Å². The Morgan fingerprint density at radius 3 is 1.51 bits per heavy atom. The predicted octanol–water partition coefficient (Wildman–Crippen LogP) is 6.20. The number of carbonyl (C=O) groups excluding carboxylic acids is 4. The summed E-state index contributed by atoms with van der Waals surface area (Å²) in [6.45, 7) is 1.95. The maximum Gasteiger partial charge on any atom is 0.253 e. The molecule has 11 heteroatoms. The maximum absolute atomic E-state index is 12.3. The van der Waals surface area contributed by atoms with Crippen molar-refractivity contribution in [3.63, 3.8) is 0 Å². The molecule has 4 aromatic carbocycles. The lowest BCUT2D eigenvalue weighted by Crippen LogP contribution is -2.30. The van der Waals surface area contributed by atoms with Crippen molar-refractivity contribution in [1.82, 2.24) is 15.6 Å². The Kier molecular flexibility index (Phi) is 19.2. The van der Waals surface area contributed by atoms with E-state index in [9.17, 15) is 19.2 Å². The Morgan fingerprint density at radius 2 is 1.13 bits per heavy atom. The molecule has 5 aromatic rings. The van der Waals surface area contributed by atoms with E-state index in [1.165, 1.54) is 35.4 Å². The van der Waals surface area contributed by atoms with Crippen LogP contribution in [0.2, 0.25) is 0 Å². The van der Waals surface area contributed by atoms with E-state index in [1.807, 2.05) is 94.9 Å². The fourth-order valence-electron chi connectivity index (χ4n) is 4.30. The monoisotopic (exact) mass is 719 g/mol. The number of aryl methyl sites for hydroxylation is 1. The smallest absolute Gasteiger partial charge is 0.253 e. The lowest BCUT2D eigenvalue weighted by atomic mass is 10.1. The maximum atomic E-state index is 12.3. The van der Waals surface area contributed by atoms with Gasteiger partial charge in [0.1, 0.15) is 30.1 Å². The van der Waals surface area contributed by atoms with Crippen LogP contribution in [0.3, 0.4) is 0 Å². The molecule has 0 saturated carbocycles. The molecular weight excluding hydrogens is 670 g/mol. The molecule has 0 fully saturated rings. The first-order chi connectivity index (χ1) is 25.5. The van der Waals surface area contributed by atoms with Gasteiger partial charge < -0.3 is 39.5 Å². The van der Waals surface area contributed by atoms with E-state index >= 15 is 0 Å². The number of rotatable bonds is 11. The molecule has 53 heavy (non-hydrogen) atoms. The van der Waals surface area contributed by atoms with Crippen molar-refractivity contribution in [1.29, 1.82) is 0 Å². The van der Waals surface area contributed by atoms with Gasteiger partial charge in [0.05, 0.1) is 31.9 Å². The number of ether oxygens (including phenoxy) is 2. The van der Waals surface area contributed by atoms with Gasteiger partial charge in [0, 0.05) is 52.0 Å². The highest BCUT2D eigenvalue weighted by Gasteiger charge is 2.16. The number of carbonyl (C=O) groups is 4. The summed E-state index contributed by atoms with van der Waals surface area (Å²) < 4.78 is 10.1. The molecular formula is C42H49N5O6. The Morgan fingerprint density at radius 1 is 0.679 bits per heavy atom. The first kappa shape index (κ1) is 42.7. The molecule has 0 aliphatic rings. The second-order valence-electron chi connectivity index (χ2n) is 11.7. The van der Waals surface area contributed by atoms with Crippen molar-refractivity contribution in [2.24, 2.45) is 0 Å². The SMILES string of the molecule is COc1ccc(N(C)C)cc1.COc1ccc(N(C)C)cc1.Cc1ccccc1.O=CCNC(=O)c1cncc(C(=O)NC(C=O)c2ccccc2)c1. The summed E-state index contributed by atoms with van der Waals surface area (Å²) in [5.74, 6) is 0.749. The van der Waals surface area contributed by atoms with Gasteiger partial charge in [0.25, 0.3) is 11.8 Å². The number of anilines is 2. The topological polar surface area (TPSA) is 130 Å². The van der Waals surface area contributed by atoms with Gasteiger partial charge in [0.15, 0.2) is 0 Å². The minimum atomic E-state index is -0.800. The fraction of sp³-hybridized carbons (Fsp3) is 0.214. The third kappa shape index (κ3) is 15.9. The van der Waals surface area contributed by atoms with Crippen LogP contribution in [0.1, 0.15) is 37.9 Å². The molecule has 5 rings (SSSR count). The third-order valence-corrected chi connectivity index (χ3v) is 7.31. The molecule has 11 nitrogen and oxygen atoms in total. The molecule has 2 amide bonds. The Labute approximate surface area is 312 Å². The van der Waals surface area contributed by atoms with Crippen molar-refractivity contribution in [3.05, 3.63) is 150 Å². The second-order valence-corrected chi connectivity index (χ2v) is 11.7. The van der Waals surface area contributed by atoms with Crippen LogP contribution in [0.15, 0.2) is 128 Å². The van der Waals surface area contributed by atoms with Crippen LogP contribution in [-0.4, -0.2) is 78.3 Å². The first-order valence-corrected chi connectivity index (χ1v) is 16.6. The molecule has 0 bridgehead atoms. The lowest BCUT2D eigenvalue weighted by molar-refractivity contribution is -0.109. The van der Waals surface area contributed by atoms with Crippen LogP contribution in [0.5, 0.6) is 11.5 Å². The number of hydrogen-bond acceptors (Lipinski definition) is 9. The summed E-state index contributed by atoms with van der Waals surface area (Å²) in [5.41, 5.74) is 4.62. The molecule has 1 aromatic heterocycles. The number of aromatic nitrogens is 1. The summed E-state index contributed by atoms with van der Waals surface area (Å²) in [6, 6.07) is 35.5. The Balaban J connectivity index is 0.000000277. The summed E-state index contributed by atoms with van der Waals surface area (Å²) >= 11 is 0. The number of nitrogens with zero attached hydrogens (tertiary/aromatic N) is 3. The van der Waals surface area contributed by atoms with Crippen molar-refractivity contribution in [2.75, 3.05) is 58.8 Å². The highest BCUT2D eigenvalue weighted by Crippen LogP contribution is 2.17. The molecule has 278 valence electrons. The third-order valence-electron chi connectivity index (χ3n) is 7.31. The highest BCUT2D eigenvalue weighted by atomic mass is 16.5. The highest BCUT2D eigenvalue weighted by molar-refractivity contribution is 6.00. The van der Waals surface area contributed by atoms with Gasteiger partial charge in [-0.1, -0.05) is 66.2 Å². The normalized spacial score (nSPS) is 10.1. The van der Waals surface area contributed by atoms with Crippen molar-refractivity contribution >= 4 is 35.8 Å². The summed E-state index contributed by atoms with van der Waals surface area (Å²) in [6.07, 6.45) is 3.75. The van der Waals surface area contributed by atoms with Crippen LogP contribution in [0.25, 0.3) is 0 Å². The minimum absolute atomic E-state index is 0.128. The zero-order valence-electron chi connectivity index (χ0n) is 31.4. The van der Waals surface area contributed by atoms with E-state index in [2.05, 4.69) is 44.5 Å². The molecule has 1 heterocycles. The van der Waals surface area contributed by atoms with Crippen molar-refractivity contribution in [2.45, 2.75) is 13.0 Å². The van der Waals surface area contributed by atoms with E-state index in [0.29, 0.717) is 18.1 Å². The molecule has 0 aliphatic carbocycles. The van der Waals surface area contributed by atoms with Crippen molar-refractivity contribution < 1.29 is 28.7 Å². The van der Waals surface area contributed by atoms with E-state index in [4.69, 9.17) is 9.47 Å². The van der Waals surface area contributed by atoms with Gasteiger partial charge in [0.2, 0.25) is 0 Å². The number of pyridine rings is 1. The van der Waals surface area contributed by atoms with Crippen LogP contribution in [0, 0.1) is 6.92 Å². The molecule has 0 aliphatic heterocycles. The van der Waals surface area contributed by atoms with E-state index < -0.39 is 17.9 Å². The van der Waals surface area contributed by atoms with E-state index in [-0.39, 0.29) is 17.7 Å². The Bertz CT molecular complexity index is 1750. The standard InChI is InChI=1S/C17H15N3O4.2C9H13NO.C7H8/c21-7-6-19-16(23)13-8-14(10-18-9-13)17(24)20-15(11-22)12-4-2-1-3-5-12;2*1-10(2)8-4-6-9(11-3)7-5-8;1-7-5-3-2-4-6-7/h1-5,7-11,15H,6H2,(H,19,23)(H,20,24);2*4-7H,1-3H3;2-6H,1H3. The molecule has 2 N–H and O–H groups in total. The molecule has 0 radical (unpaired) electrons. The van der Waals surface area contributed by atoms with E-state index in [1.54, 1.807) is 44.6 Å². The molecule has 1 unspecified atom stereocenters. The summed E-state index contributed by atoms with van der Waals surface area (Å²) in [7, 11) is 11.4. The molecule has 1 atom stereocenters. The fourth-order valence-corrected chi connectivity index (χ4v) is 4.30. The first-order valence-electron chi connectivity index (χ1n) is 16.6. The quantitative estimate of drug-likeness (QED) is 0.153. The average molecular weight is 720 g/mol. The van der Waals surface area contributed by atoms with Crippen LogP contribution < -0.4 is 29.9 Å². The van der Waals surface area contributed by atoms with Crippen molar-refractivity contribution in [3.8, 4) is 11.5 Å². The Hall–Kier alpha value is -6.49. The zero-order chi connectivity index (χ0) is 39.0. The number of aldehydes is 2. The van der Waals surface area contributed by atoms with Gasteiger partial charge in [-0.2, -0.15) is 0 Å². The number of nitrogens with one attached hydrogen (secondary N) is 2. The molecule has 0 saturated heterocycles. The van der Waals surface area contributed by atoms with Crippen LogP contribution >= 0.6 is 0 Å². The van der Waals surface area contributed by atoms with Gasteiger partial charge >= 0.3 is 0 Å². The summed E-state index contributed by atoms with van der Waals surface area (Å²) in [4.78, 5) is 53.5. The zero-order valence-corrected chi connectivity index (χ0v) is 31.4. The van der Waals surface area contributed by atoms with Crippen LogP contribution in [0.4, 0.5) is 11.4 Å². The van der Waals surface area contributed by atoms with Gasteiger partial charge in [-0.05, 0) is 67.1 Å². The number of hydrogen-bond donors (Lipinski definition) is 2. The van der Waals surface area contributed by atoms with Gasteiger partial charge in [-0.25, -0.2) is 0 Å². The largest absolute Gasteiger partial charge is 0.497 e. The number of methoxy groups -OCH3 is 2. The predicted molar refractivity (Wildman–Crippen MR) is 211 cm³/mol. The van der Waals surface area contributed by atoms with Gasteiger partial charge in [-0.3, -0.25) is 14.6 Å². The van der Waals surface area contributed by atoms with Gasteiger partial charge in [-0.15, -0.1) is 0 Å².